The summed E-state index contributed by atoms with van der Waals surface area (Å²) in [6.45, 7) is 2.27. The maximum atomic E-state index is 12.3. The number of likely N-dealkylation sites (tertiary alicyclic amines) is 1. The molecule has 0 aliphatic carbocycles. The predicted molar refractivity (Wildman–Crippen MR) is 99.9 cm³/mol. The number of hydrogen-bond donors (Lipinski definition) is 3. The Morgan fingerprint density at radius 1 is 1.28 bits per heavy atom. The molecular weight excluding hydrogens is 364 g/mol. The van der Waals surface area contributed by atoms with Crippen molar-refractivity contribution < 1.29 is 14.4 Å². The van der Waals surface area contributed by atoms with E-state index in [0.717, 1.165) is 12.8 Å². The van der Waals surface area contributed by atoms with Crippen LogP contribution < -0.4 is 16.4 Å². The van der Waals surface area contributed by atoms with E-state index >= 15 is 0 Å². The van der Waals surface area contributed by atoms with Crippen LogP contribution in [0.25, 0.3) is 0 Å². The first-order valence-electron chi connectivity index (χ1n) is 8.19. The zero-order valence-electron chi connectivity index (χ0n) is 14.0. The molecule has 1 unspecified atom stereocenters. The van der Waals surface area contributed by atoms with E-state index in [4.69, 9.17) is 5.73 Å². The van der Waals surface area contributed by atoms with Crippen LogP contribution in [0, 0.1) is 5.92 Å². The van der Waals surface area contributed by atoms with Crippen LogP contribution in [-0.4, -0.2) is 55.3 Å². The number of carbonyl (C=O) groups excluding carboxylic acids is 3. The van der Waals surface area contributed by atoms with Gasteiger partial charge in [-0.1, -0.05) is 6.07 Å². The van der Waals surface area contributed by atoms with Gasteiger partial charge in [-0.15, -0.1) is 23.7 Å². The molecule has 0 radical (unpaired) electrons. The lowest BCUT2D eigenvalue weighted by molar-refractivity contribution is -0.135. The molecule has 1 aromatic rings. The predicted octanol–water partition coefficient (Wildman–Crippen LogP) is 0.603. The summed E-state index contributed by atoms with van der Waals surface area (Å²) in [7, 11) is 0. The fourth-order valence-electron chi connectivity index (χ4n) is 2.69. The SMILES string of the molecule is Cl.NCCNC(=O)C1CCCN(C(=O)CCNC(=O)c2cccs2)C1. The molecule has 1 aromatic heterocycles. The average Bonchev–Trinajstić information content (AvgIpc) is 3.14. The summed E-state index contributed by atoms with van der Waals surface area (Å²) in [5.74, 6) is -0.396. The standard InChI is InChI=1S/C16H24N4O3S.ClH/c17-6-8-19-15(22)12-3-1-9-20(11-12)14(21)5-7-18-16(23)13-4-2-10-24-13;/h2,4,10,12H,1,3,5-9,11,17H2,(H,18,23)(H,19,22);1H. The van der Waals surface area contributed by atoms with E-state index < -0.39 is 0 Å². The Morgan fingerprint density at radius 2 is 2.08 bits per heavy atom. The molecule has 9 heteroatoms. The molecule has 3 amide bonds. The zero-order valence-corrected chi connectivity index (χ0v) is 15.7. The van der Waals surface area contributed by atoms with Crippen LogP contribution in [0.3, 0.4) is 0 Å². The third-order valence-corrected chi connectivity index (χ3v) is 4.83. The first-order chi connectivity index (χ1) is 11.6. The van der Waals surface area contributed by atoms with Gasteiger partial charge in [0.2, 0.25) is 11.8 Å². The van der Waals surface area contributed by atoms with E-state index in [2.05, 4.69) is 10.6 Å². The minimum Gasteiger partial charge on any atom is -0.355 e. The number of amides is 3. The van der Waals surface area contributed by atoms with Crippen molar-refractivity contribution in [3.05, 3.63) is 22.4 Å². The van der Waals surface area contributed by atoms with E-state index in [1.165, 1.54) is 11.3 Å². The fraction of sp³-hybridized carbons (Fsp3) is 0.562. The summed E-state index contributed by atoms with van der Waals surface area (Å²) in [6.07, 6.45) is 1.84. The molecule has 140 valence electrons. The van der Waals surface area contributed by atoms with Crippen molar-refractivity contribution in [2.24, 2.45) is 11.7 Å². The number of nitrogens with two attached hydrogens (primary N) is 1. The number of hydrogen-bond acceptors (Lipinski definition) is 5. The highest BCUT2D eigenvalue weighted by Gasteiger charge is 2.27. The second-order valence-electron chi connectivity index (χ2n) is 5.74. The number of thiophene rings is 1. The lowest BCUT2D eigenvalue weighted by atomic mass is 9.97. The summed E-state index contributed by atoms with van der Waals surface area (Å²) in [5, 5.41) is 7.36. The van der Waals surface area contributed by atoms with Gasteiger partial charge >= 0.3 is 0 Å². The number of nitrogens with zero attached hydrogens (tertiary/aromatic N) is 1. The third-order valence-electron chi connectivity index (χ3n) is 3.96. The molecule has 4 N–H and O–H groups in total. The summed E-state index contributed by atoms with van der Waals surface area (Å²) in [4.78, 5) is 38.4. The van der Waals surface area contributed by atoms with Gasteiger partial charge in [-0.05, 0) is 24.3 Å². The summed E-state index contributed by atoms with van der Waals surface area (Å²) >= 11 is 1.37. The van der Waals surface area contributed by atoms with Crippen LogP contribution in [0.4, 0.5) is 0 Å². The molecule has 1 fully saturated rings. The minimum absolute atomic E-state index is 0. The number of nitrogens with one attached hydrogen (secondary N) is 2. The van der Waals surface area contributed by atoms with Gasteiger partial charge in [0.05, 0.1) is 10.8 Å². The van der Waals surface area contributed by atoms with Crippen LogP contribution in [0.15, 0.2) is 17.5 Å². The maximum Gasteiger partial charge on any atom is 0.261 e. The quantitative estimate of drug-likeness (QED) is 0.636. The van der Waals surface area contributed by atoms with Gasteiger partial charge in [0.15, 0.2) is 0 Å². The number of carbonyl (C=O) groups is 3. The highest BCUT2D eigenvalue weighted by Crippen LogP contribution is 2.17. The van der Waals surface area contributed by atoms with Crippen molar-refractivity contribution in [2.45, 2.75) is 19.3 Å². The van der Waals surface area contributed by atoms with E-state index in [-0.39, 0.29) is 42.5 Å². The van der Waals surface area contributed by atoms with E-state index in [9.17, 15) is 14.4 Å². The molecule has 2 heterocycles. The highest BCUT2D eigenvalue weighted by molar-refractivity contribution is 7.12. The molecule has 25 heavy (non-hydrogen) atoms. The molecule has 0 aromatic carbocycles. The minimum atomic E-state index is -0.171. The monoisotopic (exact) mass is 388 g/mol. The second-order valence-corrected chi connectivity index (χ2v) is 6.69. The Kier molecular flexibility index (Phi) is 9.48. The van der Waals surface area contributed by atoms with E-state index in [1.54, 1.807) is 11.0 Å². The van der Waals surface area contributed by atoms with Crippen LogP contribution in [0.2, 0.25) is 0 Å². The molecule has 2 rings (SSSR count). The van der Waals surface area contributed by atoms with E-state index in [1.807, 2.05) is 11.4 Å². The molecule has 0 spiro atoms. The van der Waals surface area contributed by atoms with Crippen LogP contribution in [0.5, 0.6) is 0 Å². The first kappa shape index (κ1) is 21.4. The lowest BCUT2D eigenvalue weighted by Gasteiger charge is -2.32. The van der Waals surface area contributed by atoms with Gasteiger partial charge in [0.25, 0.3) is 5.91 Å². The molecule has 7 nitrogen and oxygen atoms in total. The van der Waals surface area contributed by atoms with Gasteiger partial charge < -0.3 is 21.3 Å². The van der Waals surface area contributed by atoms with Gasteiger partial charge in [-0.25, -0.2) is 0 Å². The fourth-order valence-corrected chi connectivity index (χ4v) is 3.33. The molecule has 1 aliphatic rings. The third kappa shape index (κ3) is 6.64. The Morgan fingerprint density at radius 3 is 2.76 bits per heavy atom. The maximum absolute atomic E-state index is 12.3. The lowest BCUT2D eigenvalue weighted by Crippen LogP contribution is -2.46. The molecule has 0 saturated carbocycles. The number of halogens is 1. The Balaban J connectivity index is 0.00000312. The van der Waals surface area contributed by atoms with E-state index in [0.29, 0.717) is 37.6 Å². The van der Waals surface area contributed by atoms with Crippen molar-refractivity contribution >= 4 is 41.5 Å². The number of piperidine rings is 1. The highest BCUT2D eigenvalue weighted by atomic mass is 35.5. The number of rotatable bonds is 7. The van der Waals surface area contributed by atoms with Gasteiger partial charge in [0.1, 0.15) is 0 Å². The van der Waals surface area contributed by atoms with Crippen molar-refractivity contribution in [2.75, 3.05) is 32.7 Å². The van der Waals surface area contributed by atoms with Crippen LogP contribution in [0.1, 0.15) is 28.9 Å². The normalized spacial score (nSPS) is 16.7. The summed E-state index contributed by atoms with van der Waals surface area (Å²) in [6, 6.07) is 3.56. The zero-order chi connectivity index (χ0) is 17.4. The van der Waals surface area contributed by atoms with Gasteiger partial charge in [-0.2, -0.15) is 0 Å². The Labute approximate surface area is 157 Å². The molecule has 1 atom stereocenters. The average molecular weight is 389 g/mol. The van der Waals surface area contributed by atoms with Gasteiger partial charge in [0, 0.05) is 39.1 Å². The van der Waals surface area contributed by atoms with Crippen LogP contribution >= 0.6 is 23.7 Å². The Bertz CT molecular complexity index is 568. The second kappa shape index (κ2) is 11.1. The van der Waals surface area contributed by atoms with Crippen molar-refractivity contribution in [3.8, 4) is 0 Å². The first-order valence-corrected chi connectivity index (χ1v) is 9.07. The van der Waals surface area contributed by atoms with Crippen molar-refractivity contribution in [3.63, 3.8) is 0 Å². The van der Waals surface area contributed by atoms with Gasteiger partial charge in [-0.3, -0.25) is 14.4 Å². The smallest absolute Gasteiger partial charge is 0.261 e. The molecule has 1 aliphatic heterocycles. The topological polar surface area (TPSA) is 105 Å². The Hall–Kier alpha value is -1.64. The molecular formula is C16H25ClN4O3S. The summed E-state index contributed by atoms with van der Waals surface area (Å²) in [5.41, 5.74) is 5.38. The largest absolute Gasteiger partial charge is 0.355 e. The molecule has 1 saturated heterocycles. The van der Waals surface area contributed by atoms with Crippen molar-refractivity contribution in [1.29, 1.82) is 0 Å². The summed E-state index contributed by atoms with van der Waals surface area (Å²) < 4.78 is 0. The van der Waals surface area contributed by atoms with Crippen molar-refractivity contribution in [1.82, 2.24) is 15.5 Å². The molecule has 0 bridgehead atoms. The van der Waals surface area contributed by atoms with Crippen LogP contribution in [-0.2, 0) is 9.59 Å².